The number of rotatable bonds is 2. The van der Waals surface area contributed by atoms with Crippen molar-refractivity contribution in [1.29, 1.82) is 0 Å². The summed E-state index contributed by atoms with van der Waals surface area (Å²) in [6.07, 6.45) is 7.98. The van der Waals surface area contributed by atoms with Gasteiger partial charge in [0.25, 0.3) is 0 Å². The Hall–Kier alpha value is -1.50. The Morgan fingerprint density at radius 2 is 1.71 bits per heavy atom. The average molecular weight is 187 g/mol. The van der Waals surface area contributed by atoms with E-state index in [9.17, 15) is 0 Å². The number of hydrogen-bond donors (Lipinski definition) is 0. The lowest BCUT2D eigenvalue weighted by Gasteiger charge is -1.97. The van der Waals surface area contributed by atoms with Crippen LogP contribution in [-0.4, -0.2) is 4.57 Å². The molecule has 0 spiro atoms. The molecule has 0 amide bonds. The zero-order chi connectivity index (χ0) is 10.7. The van der Waals surface area contributed by atoms with Crippen molar-refractivity contribution in [3.63, 3.8) is 0 Å². The van der Waals surface area contributed by atoms with E-state index in [0.717, 1.165) is 11.3 Å². The molecule has 1 aromatic rings. The molecule has 1 heterocycles. The third-order valence-electron chi connectivity index (χ3n) is 2.52. The van der Waals surface area contributed by atoms with E-state index in [-0.39, 0.29) is 0 Å². The molecule has 1 nitrogen and oxygen atoms in total. The van der Waals surface area contributed by atoms with Crippen LogP contribution in [0.5, 0.6) is 0 Å². The Labute approximate surface area is 85.4 Å². The van der Waals surface area contributed by atoms with Gasteiger partial charge in [0.1, 0.15) is 0 Å². The minimum atomic E-state index is 1.13. The molecule has 14 heavy (non-hydrogen) atoms. The molecular weight excluding hydrogens is 170 g/mol. The molecule has 0 N–H and O–H groups in total. The summed E-state index contributed by atoms with van der Waals surface area (Å²) in [6, 6.07) is 0. The maximum Gasteiger partial charge on any atom is 0.0482 e. The first-order valence-electron chi connectivity index (χ1n) is 4.77. The lowest BCUT2D eigenvalue weighted by molar-refractivity contribution is 0.876. The summed E-state index contributed by atoms with van der Waals surface area (Å²) in [4.78, 5) is 0. The monoisotopic (exact) mass is 187 g/mol. The molecule has 0 bridgehead atoms. The molecule has 0 aliphatic carbocycles. The van der Waals surface area contributed by atoms with Crippen molar-refractivity contribution in [2.75, 3.05) is 0 Å². The van der Waals surface area contributed by atoms with Crippen LogP contribution in [0.3, 0.4) is 0 Å². The van der Waals surface area contributed by atoms with Crippen LogP contribution in [0, 0.1) is 0 Å². The van der Waals surface area contributed by atoms with E-state index in [1.54, 1.807) is 0 Å². The first kappa shape index (κ1) is 10.6. The van der Waals surface area contributed by atoms with Crippen LogP contribution in [0.2, 0.25) is 0 Å². The highest BCUT2D eigenvalue weighted by Crippen LogP contribution is 2.04. The summed E-state index contributed by atoms with van der Waals surface area (Å²) in [6.45, 7) is 11.8. The fraction of sp³-hybridized carbons (Fsp3) is 0.231. The van der Waals surface area contributed by atoms with E-state index in [0.29, 0.717) is 0 Å². The molecule has 74 valence electrons. The Balaban J connectivity index is 3.91. The van der Waals surface area contributed by atoms with Crippen molar-refractivity contribution in [1.82, 2.24) is 4.57 Å². The van der Waals surface area contributed by atoms with Crippen LogP contribution in [0.15, 0.2) is 13.2 Å². The van der Waals surface area contributed by atoms with Gasteiger partial charge >= 0.3 is 0 Å². The predicted molar refractivity (Wildman–Crippen MR) is 65.1 cm³/mol. The molecule has 0 saturated carbocycles. The van der Waals surface area contributed by atoms with E-state index in [1.807, 2.05) is 33.0 Å². The zero-order valence-corrected chi connectivity index (χ0v) is 9.17. The van der Waals surface area contributed by atoms with Crippen LogP contribution in [-0.2, 0) is 7.05 Å². The van der Waals surface area contributed by atoms with Crippen LogP contribution < -0.4 is 10.6 Å². The van der Waals surface area contributed by atoms with Crippen molar-refractivity contribution in [2.45, 2.75) is 13.8 Å². The van der Waals surface area contributed by atoms with Gasteiger partial charge in [-0.1, -0.05) is 31.4 Å². The van der Waals surface area contributed by atoms with Gasteiger partial charge in [-0.05, 0) is 19.9 Å². The van der Waals surface area contributed by atoms with E-state index in [2.05, 4.69) is 29.9 Å². The molecule has 0 aliphatic rings. The third kappa shape index (κ3) is 1.35. The molecule has 0 fully saturated rings. The van der Waals surface area contributed by atoms with E-state index in [1.165, 1.54) is 10.6 Å². The number of nitrogens with zero attached hydrogens (tertiary/aromatic N) is 1. The first-order chi connectivity index (χ1) is 6.71. The summed E-state index contributed by atoms with van der Waals surface area (Å²) in [5.74, 6) is 0. The highest BCUT2D eigenvalue weighted by atomic mass is 14.9. The molecular formula is C13H17N. The minimum Gasteiger partial charge on any atom is -0.344 e. The van der Waals surface area contributed by atoms with Gasteiger partial charge < -0.3 is 4.57 Å². The highest BCUT2D eigenvalue weighted by molar-refractivity contribution is 5.63. The molecule has 1 heteroatoms. The molecule has 0 aromatic carbocycles. The zero-order valence-electron chi connectivity index (χ0n) is 9.17. The second-order valence-corrected chi connectivity index (χ2v) is 3.14. The summed E-state index contributed by atoms with van der Waals surface area (Å²) in [7, 11) is 2.05. The first-order valence-corrected chi connectivity index (χ1v) is 4.77. The number of hydrogen-bond acceptors (Lipinski definition) is 0. The van der Waals surface area contributed by atoms with Gasteiger partial charge in [-0.2, -0.15) is 0 Å². The highest BCUT2D eigenvalue weighted by Gasteiger charge is 2.05. The standard InChI is InChI=1S/C13H17N/c1-6-10-11(7-2)13(9-4)14(5)12(10)8-3/h6-9H,1,3H2,2,4-5H3/b11-7-,13-9+. The van der Waals surface area contributed by atoms with E-state index in [4.69, 9.17) is 0 Å². The van der Waals surface area contributed by atoms with Crippen LogP contribution in [0.1, 0.15) is 25.1 Å². The maximum atomic E-state index is 3.84. The van der Waals surface area contributed by atoms with Crippen molar-refractivity contribution in [2.24, 2.45) is 7.05 Å². The molecule has 1 rings (SSSR count). The van der Waals surface area contributed by atoms with Gasteiger partial charge in [0, 0.05) is 28.9 Å². The summed E-state index contributed by atoms with van der Waals surface area (Å²) < 4.78 is 2.14. The van der Waals surface area contributed by atoms with Gasteiger partial charge in [0.05, 0.1) is 0 Å². The third-order valence-corrected chi connectivity index (χ3v) is 2.52. The summed E-state index contributed by atoms with van der Waals surface area (Å²) in [5.41, 5.74) is 2.29. The lowest BCUT2D eigenvalue weighted by atomic mass is 10.2. The van der Waals surface area contributed by atoms with Crippen LogP contribution in [0.25, 0.3) is 24.3 Å². The quantitative estimate of drug-likeness (QED) is 0.666. The Morgan fingerprint density at radius 3 is 2.07 bits per heavy atom. The van der Waals surface area contributed by atoms with Gasteiger partial charge in [0.2, 0.25) is 0 Å². The largest absolute Gasteiger partial charge is 0.344 e. The topological polar surface area (TPSA) is 4.93 Å². The van der Waals surface area contributed by atoms with Crippen molar-refractivity contribution < 1.29 is 0 Å². The second-order valence-electron chi connectivity index (χ2n) is 3.14. The SMILES string of the molecule is C=Cc1c(C=C)n(C)c(=C/C)/c1=C\C. The Morgan fingerprint density at radius 1 is 1.07 bits per heavy atom. The predicted octanol–water partition coefficient (Wildman–Crippen LogP) is 1.91. The van der Waals surface area contributed by atoms with Crippen LogP contribution >= 0.6 is 0 Å². The van der Waals surface area contributed by atoms with Crippen molar-refractivity contribution >= 4 is 24.3 Å². The number of aromatic nitrogens is 1. The van der Waals surface area contributed by atoms with Crippen molar-refractivity contribution in [3.8, 4) is 0 Å². The fourth-order valence-corrected chi connectivity index (χ4v) is 1.88. The molecule has 0 atom stereocenters. The molecule has 0 aliphatic heterocycles. The molecule has 0 saturated heterocycles. The summed E-state index contributed by atoms with van der Waals surface area (Å²) in [5, 5.41) is 2.46. The Kier molecular flexibility index (Phi) is 3.13. The minimum absolute atomic E-state index is 1.13. The molecule has 0 unspecified atom stereocenters. The van der Waals surface area contributed by atoms with Gasteiger partial charge in [0.15, 0.2) is 0 Å². The molecule has 0 radical (unpaired) electrons. The Bertz CT molecular complexity index is 472. The van der Waals surface area contributed by atoms with Gasteiger partial charge in [-0.15, -0.1) is 0 Å². The van der Waals surface area contributed by atoms with Crippen LogP contribution in [0.4, 0.5) is 0 Å². The van der Waals surface area contributed by atoms with Crippen molar-refractivity contribution in [3.05, 3.63) is 35.0 Å². The van der Waals surface area contributed by atoms with Gasteiger partial charge in [-0.3, -0.25) is 0 Å². The lowest BCUT2D eigenvalue weighted by Crippen LogP contribution is -2.27. The summed E-state index contributed by atoms with van der Waals surface area (Å²) >= 11 is 0. The van der Waals surface area contributed by atoms with E-state index < -0.39 is 0 Å². The second kappa shape index (κ2) is 4.14. The average Bonchev–Trinajstić information content (AvgIpc) is 2.48. The fourth-order valence-electron chi connectivity index (χ4n) is 1.88. The smallest absolute Gasteiger partial charge is 0.0482 e. The maximum absolute atomic E-state index is 3.84. The van der Waals surface area contributed by atoms with E-state index >= 15 is 0 Å². The van der Waals surface area contributed by atoms with Gasteiger partial charge in [-0.25, -0.2) is 0 Å². The molecule has 1 aromatic heterocycles. The normalized spacial score (nSPS) is 13.4.